The Morgan fingerprint density at radius 1 is 1.21 bits per heavy atom. The van der Waals surface area contributed by atoms with Crippen molar-refractivity contribution in [3.8, 4) is 5.75 Å². The van der Waals surface area contributed by atoms with E-state index in [0.29, 0.717) is 11.6 Å². The second kappa shape index (κ2) is 6.45. The van der Waals surface area contributed by atoms with Gasteiger partial charge < -0.3 is 9.47 Å². The molecule has 1 saturated carbocycles. The molecule has 1 amide bonds. The molecule has 0 aromatic heterocycles. The number of hydrogen-bond acceptors (Lipinski definition) is 3. The molecule has 0 spiro atoms. The molecular formula is C15H21NO3. The number of carbonyl (C=O) groups excluding carboxylic acids is 1. The van der Waals surface area contributed by atoms with Crippen LogP contribution in [0.4, 0.5) is 10.5 Å². The summed E-state index contributed by atoms with van der Waals surface area (Å²) in [5.41, 5.74) is 0.717. The van der Waals surface area contributed by atoms with E-state index in [0.717, 1.165) is 25.0 Å². The summed E-state index contributed by atoms with van der Waals surface area (Å²) in [7, 11) is 1.61. The van der Waals surface area contributed by atoms with Crippen molar-refractivity contribution < 1.29 is 14.3 Å². The lowest BCUT2D eigenvalue weighted by atomic mass is 9.88. The van der Waals surface area contributed by atoms with Crippen LogP contribution in [0, 0.1) is 5.92 Å². The van der Waals surface area contributed by atoms with E-state index in [4.69, 9.17) is 9.47 Å². The van der Waals surface area contributed by atoms with Crippen molar-refractivity contribution in [1.82, 2.24) is 0 Å². The van der Waals surface area contributed by atoms with Crippen molar-refractivity contribution >= 4 is 11.8 Å². The first-order chi connectivity index (χ1) is 9.19. The van der Waals surface area contributed by atoms with Gasteiger partial charge in [-0.3, -0.25) is 5.32 Å². The summed E-state index contributed by atoms with van der Waals surface area (Å²) < 4.78 is 10.5. The molecule has 1 aliphatic rings. The Hall–Kier alpha value is -1.71. The van der Waals surface area contributed by atoms with Crippen LogP contribution in [0.25, 0.3) is 0 Å². The third-order valence-corrected chi connectivity index (χ3v) is 3.63. The first-order valence-corrected chi connectivity index (χ1v) is 6.80. The average Bonchev–Trinajstić information content (AvgIpc) is 2.42. The van der Waals surface area contributed by atoms with Crippen molar-refractivity contribution in [3.63, 3.8) is 0 Å². The van der Waals surface area contributed by atoms with E-state index in [-0.39, 0.29) is 12.2 Å². The zero-order chi connectivity index (χ0) is 13.7. The molecule has 1 fully saturated rings. The summed E-state index contributed by atoms with van der Waals surface area (Å²) in [6.45, 7) is 2.14. The Kier molecular flexibility index (Phi) is 4.66. The number of anilines is 1. The van der Waals surface area contributed by atoms with Crippen molar-refractivity contribution in [2.75, 3.05) is 12.4 Å². The molecule has 4 heteroatoms. The second-order valence-corrected chi connectivity index (χ2v) is 5.06. The van der Waals surface area contributed by atoms with E-state index >= 15 is 0 Å². The highest BCUT2D eigenvalue weighted by atomic mass is 16.6. The molecule has 19 heavy (non-hydrogen) atoms. The fourth-order valence-corrected chi connectivity index (χ4v) is 2.42. The van der Waals surface area contributed by atoms with Gasteiger partial charge >= 0.3 is 6.09 Å². The summed E-state index contributed by atoms with van der Waals surface area (Å²) in [4.78, 5) is 11.8. The molecule has 0 heterocycles. The van der Waals surface area contributed by atoms with E-state index in [1.807, 2.05) is 0 Å². The molecule has 104 valence electrons. The minimum Gasteiger partial charge on any atom is -0.497 e. The Bertz CT molecular complexity index is 416. The second-order valence-electron chi connectivity index (χ2n) is 5.06. The molecule has 1 aromatic rings. The Balaban J connectivity index is 1.86. The Morgan fingerprint density at radius 3 is 2.53 bits per heavy atom. The van der Waals surface area contributed by atoms with Crippen LogP contribution in [0.1, 0.15) is 32.6 Å². The van der Waals surface area contributed by atoms with E-state index in [1.165, 1.54) is 6.42 Å². The highest BCUT2D eigenvalue weighted by molar-refractivity contribution is 5.84. The first-order valence-electron chi connectivity index (χ1n) is 6.80. The van der Waals surface area contributed by atoms with Gasteiger partial charge in [0.2, 0.25) is 0 Å². The number of hydrogen-bond donors (Lipinski definition) is 1. The van der Waals surface area contributed by atoms with Crippen LogP contribution < -0.4 is 10.1 Å². The minimum absolute atomic E-state index is 0.0481. The molecule has 0 saturated heterocycles. The molecule has 4 nitrogen and oxygen atoms in total. The van der Waals surface area contributed by atoms with Crippen LogP contribution in [0.3, 0.4) is 0 Å². The smallest absolute Gasteiger partial charge is 0.411 e. The Morgan fingerprint density at radius 2 is 1.89 bits per heavy atom. The number of nitrogens with one attached hydrogen (secondary N) is 1. The number of methoxy groups -OCH3 is 1. The number of carbonyl (C=O) groups is 1. The molecule has 2 atom stereocenters. The number of benzene rings is 1. The molecule has 0 aliphatic heterocycles. The maximum absolute atomic E-state index is 11.8. The van der Waals surface area contributed by atoms with Crippen LogP contribution in [0.15, 0.2) is 24.3 Å². The molecule has 1 aromatic carbocycles. The van der Waals surface area contributed by atoms with Gasteiger partial charge in [0.25, 0.3) is 0 Å². The summed E-state index contributed by atoms with van der Waals surface area (Å²) >= 11 is 0. The van der Waals surface area contributed by atoms with Gasteiger partial charge in [0.15, 0.2) is 0 Å². The first kappa shape index (κ1) is 13.7. The lowest BCUT2D eigenvalue weighted by Crippen LogP contribution is -2.30. The highest BCUT2D eigenvalue weighted by Gasteiger charge is 2.24. The third kappa shape index (κ3) is 3.88. The molecule has 0 bridgehead atoms. The standard InChI is InChI=1S/C15H21NO3/c1-11-5-3-4-6-14(11)19-15(17)16-12-7-9-13(18-2)10-8-12/h7-11,14H,3-6H2,1-2H3,(H,16,17)/t11-,14-/m1/s1. The van der Waals surface area contributed by atoms with Gasteiger partial charge in [-0.1, -0.05) is 13.3 Å². The van der Waals surface area contributed by atoms with Crippen LogP contribution in [0.5, 0.6) is 5.75 Å². The molecule has 1 aliphatic carbocycles. The van der Waals surface area contributed by atoms with Gasteiger partial charge in [-0.25, -0.2) is 4.79 Å². The molecule has 0 unspecified atom stereocenters. The number of ether oxygens (including phenoxy) is 2. The molecule has 0 radical (unpaired) electrons. The van der Waals surface area contributed by atoms with Crippen LogP contribution >= 0.6 is 0 Å². The van der Waals surface area contributed by atoms with Crippen LogP contribution in [0.2, 0.25) is 0 Å². The minimum atomic E-state index is -0.371. The molecular weight excluding hydrogens is 242 g/mol. The molecule has 1 N–H and O–H groups in total. The van der Waals surface area contributed by atoms with Crippen molar-refractivity contribution in [2.24, 2.45) is 5.92 Å². The summed E-state index contributed by atoms with van der Waals surface area (Å²) in [5, 5.41) is 2.74. The summed E-state index contributed by atoms with van der Waals surface area (Å²) in [6.07, 6.45) is 4.17. The fraction of sp³-hybridized carbons (Fsp3) is 0.533. The van der Waals surface area contributed by atoms with Gasteiger partial charge in [-0.15, -0.1) is 0 Å². The van der Waals surface area contributed by atoms with Gasteiger partial charge in [-0.05, 0) is 49.4 Å². The van der Waals surface area contributed by atoms with Gasteiger partial charge in [0.05, 0.1) is 7.11 Å². The van der Waals surface area contributed by atoms with Crippen molar-refractivity contribution in [2.45, 2.75) is 38.7 Å². The Labute approximate surface area is 114 Å². The molecule has 2 rings (SSSR count). The third-order valence-electron chi connectivity index (χ3n) is 3.63. The van der Waals surface area contributed by atoms with Gasteiger partial charge in [-0.2, -0.15) is 0 Å². The largest absolute Gasteiger partial charge is 0.497 e. The zero-order valence-corrected chi connectivity index (χ0v) is 11.5. The number of amides is 1. The van der Waals surface area contributed by atoms with Crippen LogP contribution in [-0.2, 0) is 4.74 Å². The summed E-state index contributed by atoms with van der Waals surface area (Å²) in [5.74, 6) is 1.22. The fourth-order valence-electron chi connectivity index (χ4n) is 2.42. The predicted octanol–water partition coefficient (Wildman–Crippen LogP) is 3.82. The highest BCUT2D eigenvalue weighted by Crippen LogP contribution is 2.26. The lowest BCUT2D eigenvalue weighted by molar-refractivity contribution is 0.0524. The van der Waals surface area contributed by atoms with Crippen molar-refractivity contribution in [3.05, 3.63) is 24.3 Å². The average molecular weight is 263 g/mol. The maximum atomic E-state index is 11.8. The number of rotatable bonds is 3. The van der Waals surface area contributed by atoms with E-state index in [9.17, 15) is 4.79 Å². The van der Waals surface area contributed by atoms with Crippen molar-refractivity contribution in [1.29, 1.82) is 0 Å². The van der Waals surface area contributed by atoms with E-state index in [1.54, 1.807) is 31.4 Å². The maximum Gasteiger partial charge on any atom is 0.411 e. The van der Waals surface area contributed by atoms with E-state index in [2.05, 4.69) is 12.2 Å². The van der Waals surface area contributed by atoms with Gasteiger partial charge in [0.1, 0.15) is 11.9 Å². The van der Waals surface area contributed by atoms with E-state index < -0.39 is 0 Å². The quantitative estimate of drug-likeness (QED) is 0.901. The van der Waals surface area contributed by atoms with Crippen LogP contribution in [-0.4, -0.2) is 19.3 Å². The van der Waals surface area contributed by atoms with Gasteiger partial charge in [0, 0.05) is 5.69 Å². The predicted molar refractivity (Wildman–Crippen MR) is 74.5 cm³/mol. The topological polar surface area (TPSA) is 47.6 Å². The monoisotopic (exact) mass is 263 g/mol. The SMILES string of the molecule is COc1ccc(NC(=O)O[C@@H]2CCCC[C@H]2C)cc1. The lowest BCUT2D eigenvalue weighted by Gasteiger charge is -2.28. The normalized spacial score (nSPS) is 22.6. The summed E-state index contributed by atoms with van der Waals surface area (Å²) in [6, 6.07) is 7.20. The zero-order valence-electron chi connectivity index (χ0n) is 11.5.